The summed E-state index contributed by atoms with van der Waals surface area (Å²) in [5.74, 6) is -0.175. The molecule has 2 fully saturated rings. The number of hydrogen-bond acceptors (Lipinski definition) is 4. The Bertz CT molecular complexity index is 1150. The van der Waals surface area contributed by atoms with Crippen molar-refractivity contribution in [3.8, 4) is 11.1 Å². The van der Waals surface area contributed by atoms with Crippen LogP contribution in [0.5, 0.6) is 0 Å². The van der Waals surface area contributed by atoms with Crippen LogP contribution in [0.25, 0.3) is 11.1 Å². The highest BCUT2D eigenvalue weighted by Gasteiger charge is 2.55. The van der Waals surface area contributed by atoms with Crippen LogP contribution in [0.1, 0.15) is 56.3 Å². The fourth-order valence-electron chi connectivity index (χ4n) is 5.90. The molecule has 7 heteroatoms. The van der Waals surface area contributed by atoms with Crippen LogP contribution in [0.3, 0.4) is 0 Å². The summed E-state index contributed by atoms with van der Waals surface area (Å²) in [6.07, 6.45) is 5.67. The van der Waals surface area contributed by atoms with E-state index in [4.69, 9.17) is 0 Å². The number of pyridine rings is 1. The van der Waals surface area contributed by atoms with E-state index in [-0.39, 0.29) is 29.8 Å². The molecule has 1 aliphatic heterocycles. The van der Waals surface area contributed by atoms with Crippen molar-refractivity contribution in [2.75, 3.05) is 27.2 Å². The SMILES string of the molecule is CC(C)C(=O)N1CCC(O)(Cn2cc(C(=O)N(C)C)c(-c3ccccc3)cc2=O)C2(CCCC2)C1. The van der Waals surface area contributed by atoms with Crippen LogP contribution in [0.4, 0.5) is 0 Å². The quantitative estimate of drug-likeness (QED) is 0.713. The molecule has 0 radical (unpaired) electrons. The Balaban J connectivity index is 1.74. The van der Waals surface area contributed by atoms with Crippen molar-refractivity contribution in [2.45, 2.75) is 58.1 Å². The molecule has 1 unspecified atom stereocenters. The molecule has 7 nitrogen and oxygen atoms in total. The van der Waals surface area contributed by atoms with Gasteiger partial charge >= 0.3 is 0 Å². The second kappa shape index (κ2) is 9.61. The van der Waals surface area contributed by atoms with Crippen LogP contribution in [0, 0.1) is 11.3 Å². The Kier molecular flexibility index (Phi) is 6.91. The number of carbonyl (C=O) groups is 2. The normalized spacial score (nSPS) is 21.5. The highest BCUT2D eigenvalue weighted by Crippen LogP contribution is 2.51. The Labute approximate surface area is 207 Å². The van der Waals surface area contributed by atoms with Crippen molar-refractivity contribution < 1.29 is 14.7 Å². The zero-order valence-corrected chi connectivity index (χ0v) is 21.3. The first kappa shape index (κ1) is 25.2. The number of nitrogens with zero attached hydrogens (tertiary/aromatic N) is 3. The van der Waals surface area contributed by atoms with Gasteiger partial charge in [0.25, 0.3) is 11.5 Å². The summed E-state index contributed by atoms with van der Waals surface area (Å²) in [4.78, 5) is 42.6. The number of carbonyl (C=O) groups excluding carboxylic acids is 2. The number of aliphatic hydroxyl groups is 1. The number of aromatic nitrogens is 1. The predicted octanol–water partition coefficient (Wildman–Crippen LogP) is 3.40. The average molecular weight is 480 g/mol. The van der Waals surface area contributed by atoms with E-state index in [0.717, 1.165) is 31.2 Å². The van der Waals surface area contributed by atoms with E-state index in [1.54, 1.807) is 20.3 Å². The highest BCUT2D eigenvalue weighted by atomic mass is 16.3. The third kappa shape index (κ3) is 4.66. The van der Waals surface area contributed by atoms with Gasteiger partial charge in [-0.15, -0.1) is 0 Å². The number of hydrogen-bond donors (Lipinski definition) is 1. The van der Waals surface area contributed by atoms with Crippen LogP contribution < -0.4 is 5.56 Å². The van der Waals surface area contributed by atoms with Crippen molar-refractivity contribution in [1.82, 2.24) is 14.4 Å². The van der Waals surface area contributed by atoms with E-state index in [1.807, 2.05) is 49.1 Å². The molecule has 2 aromatic rings. The number of benzene rings is 1. The van der Waals surface area contributed by atoms with E-state index in [0.29, 0.717) is 30.6 Å². The van der Waals surface area contributed by atoms with Crippen molar-refractivity contribution in [3.63, 3.8) is 0 Å². The lowest BCUT2D eigenvalue weighted by Gasteiger charge is -2.52. The summed E-state index contributed by atoms with van der Waals surface area (Å²) in [7, 11) is 3.38. The molecule has 1 aliphatic carbocycles. The molecule has 1 aromatic carbocycles. The van der Waals surface area contributed by atoms with Gasteiger partial charge in [-0.05, 0) is 24.8 Å². The molecule has 1 spiro atoms. The molecule has 1 aromatic heterocycles. The first-order chi connectivity index (χ1) is 16.6. The van der Waals surface area contributed by atoms with E-state index in [1.165, 1.54) is 15.5 Å². The lowest BCUT2D eigenvalue weighted by atomic mass is 9.65. The van der Waals surface area contributed by atoms with Crippen molar-refractivity contribution in [3.05, 3.63) is 58.5 Å². The standard InChI is InChI=1S/C28H37N3O4/c1-20(2)25(33)30-15-14-28(35,27(18-30)12-8-9-13-27)19-31-17-23(26(34)29(3)4)22(16-24(31)32)21-10-6-5-7-11-21/h5-7,10-11,16-17,20,35H,8-9,12-15,18-19H2,1-4H3. The molecular weight excluding hydrogens is 442 g/mol. The minimum Gasteiger partial charge on any atom is -0.387 e. The second-order valence-corrected chi connectivity index (χ2v) is 10.8. The largest absolute Gasteiger partial charge is 0.387 e. The van der Waals surface area contributed by atoms with Gasteiger partial charge in [0.15, 0.2) is 0 Å². The number of piperidine rings is 1. The number of likely N-dealkylation sites (tertiary alicyclic amines) is 1. The summed E-state index contributed by atoms with van der Waals surface area (Å²) < 4.78 is 1.50. The minimum absolute atomic E-state index is 0.0904. The predicted molar refractivity (Wildman–Crippen MR) is 136 cm³/mol. The lowest BCUT2D eigenvalue weighted by molar-refractivity contribution is -0.162. The summed E-state index contributed by atoms with van der Waals surface area (Å²) in [5.41, 5.74) is -0.00931. The zero-order valence-electron chi connectivity index (χ0n) is 21.3. The zero-order chi connectivity index (χ0) is 25.4. The fraction of sp³-hybridized carbons (Fsp3) is 0.536. The van der Waals surface area contributed by atoms with Crippen LogP contribution >= 0.6 is 0 Å². The summed E-state index contributed by atoms with van der Waals surface area (Å²) in [6.45, 7) is 4.90. The van der Waals surface area contributed by atoms with Gasteiger partial charge in [0.2, 0.25) is 5.91 Å². The van der Waals surface area contributed by atoms with Gasteiger partial charge in [0.05, 0.1) is 17.7 Å². The number of amides is 2. The Morgan fingerprint density at radius 3 is 2.34 bits per heavy atom. The minimum atomic E-state index is -1.13. The van der Waals surface area contributed by atoms with Gasteiger partial charge in [-0.25, -0.2) is 0 Å². The molecule has 188 valence electrons. The molecule has 2 heterocycles. The lowest BCUT2D eigenvalue weighted by Crippen LogP contribution is -2.62. The summed E-state index contributed by atoms with van der Waals surface area (Å²) in [6, 6.07) is 10.9. The molecular formula is C28H37N3O4. The van der Waals surface area contributed by atoms with Crippen LogP contribution in [-0.4, -0.2) is 64.1 Å². The molecule has 1 saturated heterocycles. The molecule has 2 aliphatic rings. The second-order valence-electron chi connectivity index (χ2n) is 10.8. The summed E-state index contributed by atoms with van der Waals surface area (Å²) in [5, 5.41) is 12.1. The maximum Gasteiger partial charge on any atom is 0.255 e. The van der Waals surface area contributed by atoms with Gasteiger partial charge in [-0.3, -0.25) is 14.4 Å². The van der Waals surface area contributed by atoms with Crippen molar-refractivity contribution >= 4 is 11.8 Å². The molecule has 1 atom stereocenters. The first-order valence-electron chi connectivity index (χ1n) is 12.6. The molecule has 35 heavy (non-hydrogen) atoms. The molecule has 1 saturated carbocycles. The van der Waals surface area contributed by atoms with E-state index in [9.17, 15) is 19.5 Å². The van der Waals surface area contributed by atoms with Crippen LogP contribution in [-0.2, 0) is 11.3 Å². The molecule has 2 amide bonds. The van der Waals surface area contributed by atoms with Gasteiger partial charge in [0, 0.05) is 56.3 Å². The molecule has 0 bridgehead atoms. The highest BCUT2D eigenvalue weighted by molar-refractivity contribution is 6.00. The molecule has 1 N–H and O–H groups in total. The fourth-order valence-corrected chi connectivity index (χ4v) is 5.90. The third-order valence-corrected chi connectivity index (χ3v) is 7.92. The third-order valence-electron chi connectivity index (χ3n) is 7.92. The van der Waals surface area contributed by atoms with E-state index >= 15 is 0 Å². The maximum absolute atomic E-state index is 13.3. The number of rotatable bonds is 5. The van der Waals surface area contributed by atoms with Gasteiger partial charge in [-0.1, -0.05) is 57.0 Å². The van der Waals surface area contributed by atoms with Gasteiger partial charge in [0.1, 0.15) is 0 Å². The smallest absolute Gasteiger partial charge is 0.255 e. The van der Waals surface area contributed by atoms with E-state index in [2.05, 4.69) is 0 Å². The average Bonchev–Trinajstić information content (AvgIpc) is 3.31. The molecule has 4 rings (SSSR count). The van der Waals surface area contributed by atoms with Crippen LogP contribution in [0.2, 0.25) is 0 Å². The van der Waals surface area contributed by atoms with Gasteiger partial charge in [-0.2, -0.15) is 0 Å². The summed E-state index contributed by atoms with van der Waals surface area (Å²) >= 11 is 0. The van der Waals surface area contributed by atoms with Crippen molar-refractivity contribution in [2.24, 2.45) is 11.3 Å². The van der Waals surface area contributed by atoms with Gasteiger partial charge < -0.3 is 19.5 Å². The van der Waals surface area contributed by atoms with E-state index < -0.39 is 11.0 Å². The van der Waals surface area contributed by atoms with Crippen molar-refractivity contribution in [1.29, 1.82) is 0 Å². The monoisotopic (exact) mass is 479 g/mol. The maximum atomic E-state index is 13.3. The Hall–Kier alpha value is -2.93. The first-order valence-corrected chi connectivity index (χ1v) is 12.6. The van der Waals surface area contributed by atoms with Crippen LogP contribution in [0.15, 0.2) is 47.4 Å². The topological polar surface area (TPSA) is 82.8 Å². The Morgan fingerprint density at radius 2 is 1.74 bits per heavy atom. The Morgan fingerprint density at radius 1 is 1.09 bits per heavy atom.